The van der Waals surface area contributed by atoms with Crippen LogP contribution in [-0.4, -0.2) is 41.1 Å². The number of aliphatic carboxylic acids is 1. The van der Waals surface area contributed by atoms with Gasteiger partial charge in [-0.2, -0.15) is 11.8 Å². The first kappa shape index (κ1) is 16.8. The van der Waals surface area contributed by atoms with Crippen LogP contribution < -0.4 is 10.6 Å². The minimum Gasteiger partial charge on any atom is -0.481 e. The van der Waals surface area contributed by atoms with Gasteiger partial charge in [0.05, 0.1) is 5.41 Å². The van der Waals surface area contributed by atoms with E-state index in [4.69, 9.17) is 5.11 Å². The number of hydrogen-bond acceptors (Lipinski definition) is 4. The number of imide groups is 1. The molecular weight excluding hydrogens is 256 g/mol. The number of hydrogen-bond donors (Lipinski definition) is 3. The van der Waals surface area contributed by atoms with E-state index in [2.05, 4.69) is 10.6 Å². The number of carbonyl (C=O) groups excluding carboxylic acids is 2. The largest absolute Gasteiger partial charge is 0.481 e. The molecule has 18 heavy (non-hydrogen) atoms. The second-order valence-corrected chi connectivity index (χ2v) is 5.65. The molecule has 0 radical (unpaired) electrons. The van der Waals surface area contributed by atoms with Crippen molar-refractivity contribution in [1.29, 1.82) is 0 Å². The molecule has 3 N–H and O–H groups in total. The van der Waals surface area contributed by atoms with Gasteiger partial charge in [-0.3, -0.25) is 14.9 Å². The molecule has 0 aliphatic carbocycles. The van der Waals surface area contributed by atoms with Crippen LogP contribution in [0.25, 0.3) is 0 Å². The van der Waals surface area contributed by atoms with E-state index < -0.39 is 23.3 Å². The van der Waals surface area contributed by atoms with Crippen LogP contribution in [0.5, 0.6) is 0 Å². The number of thioether (sulfide) groups is 1. The zero-order chi connectivity index (χ0) is 14.3. The molecule has 0 spiro atoms. The van der Waals surface area contributed by atoms with Crippen LogP contribution in [0.3, 0.4) is 0 Å². The van der Waals surface area contributed by atoms with Gasteiger partial charge >= 0.3 is 12.0 Å². The van der Waals surface area contributed by atoms with Crippen LogP contribution in [0.2, 0.25) is 0 Å². The third-order valence-electron chi connectivity index (χ3n) is 2.23. The van der Waals surface area contributed by atoms with Crippen molar-refractivity contribution in [3.05, 3.63) is 0 Å². The summed E-state index contributed by atoms with van der Waals surface area (Å²) in [5, 5.41) is 13.6. The molecule has 0 aromatic heterocycles. The minimum atomic E-state index is -1.19. The lowest BCUT2D eigenvalue weighted by Crippen LogP contribution is -2.45. The van der Waals surface area contributed by atoms with Crippen molar-refractivity contribution >= 4 is 29.7 Å². The molecule has 0 saturated heterocycles. The smallest absolute Gasteiger partial charge is 0.321 e. The number of amides is 3. The summed E-state index contributed by atoms with van der Waals surface area (Å²) in [6.45, 7) is 4.69. The first-order valence-electron chi connectivity index (χ1n) is 5.51. The van der Waals surface area contributed by atoms with E-state index in [-0.39, 0.29) is 12.5 Å². The summed E-state index contributed by atoms with van der Waals surface area (Å²) in [5.41, 5.74) is -1.19. The standard InChI is InChI=1S/C11H20N2O4S/c1-7(6-18-4)12-10(17)13-8(14)5-11(2,3)9(15)16/h7H,5-6H2,1-4H3,(H,15,16)(H2,12,13,14,17). The van der Waals surface area contributed by atoms with Crippen LogP contribution >= 0.6 is 11.8 Å². The van der Waals surface area contributed by atoms with Gasteiger partial charge in [0.15, 0.2) is 0 Å². The average Bonchev–Trinajstić information content (AvgIpc) is 2.15. The van der Waals surface area contributed by atoms with E-state index in [0.29, 0.717) is 0 Å². The average molecular weight is 276 g/mol. The number of carbonyl (C=O) groups is 3. The highest BCUT2D eigenvalue weighted by molar-refractivity contribution is 7.98. The lowest BCUT2D eigenvalue weighted by Gasteiger charge is -2.18. The Hall–Kier alpha value is -1.24. The van der Waals surface area contributed by atoms with E-state index in [1.54, 1.807) is 11.8 Å². The molecule has 3 amide bonds. The summed E-state index contributed by atoms with van der Waals surface area (Å²) in [4.78, 5) is 33.7. The summed E-state index contributed by atoms with van der Waals surface area (Å²) < 4.78 is 0. The number of nitrogens with one attached hydrogen (secondary N) is 2. The topological polar surface area (TPSA) is 95.5 Å². The fourth-order valence-corrected chi connectivity index (χ4v) is 1.78. The molecule has 6 nitrogen and oxygen atoms in total. The highest BCUT2D eigenvalue weighted by atomic mass is 32.2. The Balaban J connectivity index is 4.17. The number of urea groups is 1. The van der Waals surface area contributed by atoms with Gasteiger partial charge in [-0.15, -0.1) is 0 Å². The Bertz CT molecular complexity index is 331. The van der Waals surface area contributed by atoms with E-state index in [1.807, 2.05) is 13.2 Å². The molecule has 0 aliphatic heterocycles. The molecule has 0 aliphatic rings. The Morgan fingerprint density at radius 2 is 1.89 bits per heavy atom. The van der Waals surface area contributed by atoms with Crippen LogP contribution in [0, 0.1) is 5.41 Å². The predicted molar refractivity (Wildman–Crippen MR) is 70.6 cm³/mol. The Kier molecular flexibility index (Phi) is 6.75. The Morgan fingerprint density at radius 1 is 1.33 bits per heavy atom. The van der Waals surface area contributed by atoms with Crippen LogP contribution in [0.15, 0.2) is 0 Å². The van der Waals surface area contributed by atoms with E-state index >= 15 is 0 Å². The molecule has 0 bridgehead atoms. The SMILES string of the molecule is CSCC(C)NC(=O)NC(=O)CC(C)(C)C(=O)O. The van der Waals surface area contributed by atoms with E-state index in [1.165, 1.54) is 13.8 Å². The van der Waals surface area contributed by atoms with Gasteiger partial charge in [-0.1, -0.05) is 0 Å². The molecule has 0 rings (SSSR count). The molecule has 0 aromatic rings. The molecule has 0 aromatic carbocycles. The Morgan fingerprint density at radius 3 is 2.33 bits per heavy atom. The summed E-state index contributed by atoms with van der Waals surface area (Å²) in [7, 11) is 0. The van der Waals surface area contributed by atoms with Gasteiger partial charge in [0.2, 0.25) is 5.91 Å². The lowest BCUT2D eigenvalue weighted by atomic mass is 9.89. The predicted octanol–water partition coefficient (Wildman–Crippen LogP) is 1.06. The van der Waals surface area contributed by atoms with Crippen LogP contribution in [0.4, 0.5) is 4.79 Å². The van der Waals surface area contributed by atoms with E-state index in [9.17, 15) is 14.4 Å². The third kappa shape index (κ3) is 6.48. The zero-order valence-electron chi connectivity index (χ0n) is 11.1. The summed E-state index contributed by atoms with van der Waals surface area (Å²) >= 11 is 1.58. The molecule has 1 atom stereocenters. The lowest BCUT2D eigenvalue weighted by molar-refractivity contribution is -0.149. The maximum absolute atomic E-state index is 11.5. The quantitative estimate of drug-likeness (QED) is 0.674. The van der Waals surface area contributed by atoms with Crippen LogP contribution in [0.1, 0.15) is 27.2 Å². The second kappa shape index (κ2) is 7.25. The van der Waals surface area contributed by atoms with Crippen molar-refractivity contribution < 1.29 is 19.5 Å². The molecule has 0 heterocycles. The van der Waals surface area contributed by atoms with Crippen LogP contribution in [-0.2, 0) is 9.59 Å². The van der Waals surface area contributed by atoms with Crippen molar-refractivity contribution in [2.75, 3.05) is 12.0 Å². The fraction of sp³-hybridized carbons (Fsp3) is 0.727. The van der Waals surface area contributed by atoms with Crippen molar-refractivity contribution in [2.45, 2.75) is 33.2 Å². The van der Waals surface area contributed by atoms with Crippen molar-refractivity contribution in [3.63, 3.8) is 0 Å². The maximum Gasteiger partial charge on any atom is 0.321 e. The van der Waals surface area contributed by atoms with Gasteiger partial charge < -0.3 is 10.4 Å². The minimum absolute atomic E-state index is 0.0553. The summed E-state index contributed by atoms with van der Waals surface area (Å²) in [6, 6.07) is -0.650. The molecule has 104 valence electrons. The normalized spacial score (nSPS) is 12.7. The van der Waals surface area contributed by atoms with Crippen molar-refractivity contribution in [2.24, 2.45) is 5.41 Å². The Labute approximate surface area is 111 Å². The van der Waals surface area contributed by atoms with Crippen molar-refractivity contribution in [3.8, 4) is 0 Å². The fourth-order valence-electron chi connectivity index (χ4n) is 1.20. The highest BCUT2D eigenvalue weighted by Crippen LogP contribution is 2.19. The zero-order valence-corrected chi connectivity index (χ0v) is 11.9. The van der Waals surface area contributed by atoms with Gasteiger partial charge in [-0.25, -0.2) is 4.79 Å². The van der Waals surface area contributed by atoms with Gasteiger partial charge in [-0.05, 0) is 27.0 Å². The second-order valence-electron chi connectivity index (χ2n) is 4.74. The van der Waals surface area contributed by atoms with Crippen molar-refractivity contribution in [1.82, 2.24) is 10.6 Å². The molecule has 0 saturated carbocycles. The van der Waals surface area contributed by atoms with Gasteiger partial charge in [0.1, 0.15) is 0 Å². The molecule has 7 heteroatoms. The van der Waals surface area contributed by atoms with E-state index in [0.717, 1.165) is 5.75 Å². The summed E-state index contributed by atoms with van der Waals surface area (Å²) in [5.74, 6) is -0.938. The highest BCUT2D eigenvalue weighted by Gasteiger charge is 2.30. The first-order valence-corrected chi connectivity index (χ1v) is 6.91. The number of carboxylic acids is 1. The first-order chi connectivity index (χ1) is 8.19. The summed E-state index contributed by atoms with van der Waals surface area (Å²) in [6.07, 6.45) is 1.67. The molecular formula is C11H20N2O4S. The number of carboxylic acid groups (broad SMARTS) is 1. The third-order valence-corrected chi connectivity index (χ3v) is 3.06. The molecule has 0 fully saturated rings. The van der Waals surface area contributed by atoms with Gasteiger partial charge in [0, 0.05) is 18.2 Å². The monoisotopic (exact) mass is 276 g/mol. The number of rotatable bonds is 6. The maximum atomic E-state index is 11.5. The van der Waals surface area contributed by atoms with Gasteiger partial charge in [0.25, 0.3) is 0 Å². The molecule has 1 unspecified atom stereocenters.